The highest BCUT2D eigenvalue weighted by molar-refractivity contribution is 5.65. The summed E-state index contributed by atoms with van der Waals surface area (Å²) in [5, 5.41) is 12.1. The molecule has 2 spiro atoms. The third kappa shape index (κ3) is 2.01. The van der Waals surface area contributed by atoms with Crippen LogP contribution in [0.1, 0.15) is 58.8 Å². The molecule has 7 atom stereocenters. The number of piperidine rings is 1. The molecule has 1 unspecified atom stereocenters. The minimum atomic E-state index is -2.84. The summed E-state index contributed by atoms with van der Waals surface area (Å²) in [6.45, 7) is -0.145. The molecule has 1 saturated carbocycles. The van der Waals surface area contributed by atoms with E-state index in [1.165, 1.54) is 0 Å². The van der Waals surface area contributed by atoms with Crippen molar-refractivity contribution in [2.75, 3.05) is 27.7 Å². The quantitative estimate of drug-likeness (QED) is 0.724. The zero-order valence-electron chi connectivity index (χ0n) is 24.4. The van der Waals surface area contributed by atoms with Crippen LogP contribution >= 0.6 is 0 Å². The van der Waals surface area contributed by atoms with Crippen molar-refractivity contribution in [1.29, 1.82) is 0 Å². The van der Waals surface area contributed by atoms with Crippen LogP contribution < -0.4 is 9.47 Å². The van der Waals surface area contributed by atoms with Crippen LogP contribution in [-0.2, 0) is 16.6 Å². The van der Waals surface area contributed by atoms with Crippen LogP contribution in [0.3, 0.4) is 0 Å². The van der Waals surface area contributed by atoms with Gasteiger partial charge in [0.25, 0.3) is 0 Å². The second-order valence-corrected chi connectivity index (χ2v) is 10.3. The highest BCUT2D eigenvalue weighted by atomic mass is 16.6. The summed E-state index contributed by atoms with van der Waals surface area (Å²) in [5.74, 6) is 0.134. The molecule has 7 rings (SSSR count). The maximum atomic E-state index is 12.1. The van der Waals surface area contributed by atoms with Gasteiger partial charge in [0, 0.05) is 34.1 Å². The van der Waals surface area contributed by atoms with Crippen molar-refractivity contribution < 1.29 is 27.5 Å². The molecule has 31 heavy (non-hydrogen) atoms. The number of ether oxygens (including phenoxy) is 3. The van der Waals surface area contributed by atoms with Gasteiger partial charge in [0.1, 0.15) is 11.7 Å². The van der Waals surface area contributed by atoms with Crippen molar-refractivity contribution in [3.63, 3.8) is 0 Å². The van der Waals surface area contributed by atoms with E-state index in [2.05, 4.69) is 24.1 Å². The van der Waals surface area contributed by atoms with E-state index in [1.807, 2.05) is 13.0 Å². The normalized spacial score (nSPS) is 47.0. The van der Waals surface area contributed by atoms with Crippen molar-refractivity contribution in [2.45, 2.75) is 74.6 Å². The minimum Gasteiger partial charge on any atom is -0.493 e. The van der Waals surface area contributed by atoms with Gasteiger partial charge in [0.15, 0.2) is 11.5 Å². The molecule has 4 aliphatic carbocycles. The van der Waals surface area contributed by atoms with E-state index < -0.39 is 47.9 Å². The number of likely N-dealkylation sites (N-methyl/N-ethyl adjacent to an activating group) is 1. The van der Waals surface area contributed by atoms with Gasteiger partial charge in [0.2, 0.25) is 0 Å². The first kappa shape index (κ1) is 14.6. The lowest BCUT2D eigenvalue weighted by Crippen LogP contribution is -2.80. The van der Waals surface area contributed by atoms with Crippen LogP contribution in [-0.4, -0.2) is 61.1 Å². The molecule has 1 aromatic rings. The predicted molar refractivity (Wildman–Crippen MR) is 119 cm³/mol. The van der Waals surface area contributed by atoms with Crippen molar-refractivity contribution in [2.24, 2.45) is 11.3 Å². The molecule has 1 aromatic carbocycles. The Morgan fingerprint density at radius 1 is 1.39 bits per heavy atom. The summed E-state index contributed by atoms with van der Waals surface area (Å²) in [6.07, 6.45) is 5.13. The van der Waals surface area contributed by atoms with Crippen molar-refractivity contribution in [3.8, 4) is 11.5 Å². The van der Waals surface area contributed by atoms with Gasteiger partial charge in [-0.2, -0.15) is 0 Å². The second kappa shape index (κ2) is 6.06. The molecule has 1 N–H and O–H groups in total. The van der Waals surface area contributed by atoms with Gasteiger partial charge in [-0.3, -0.25) is 0 Å². The van der Waals surface area contributed by atoms with Crippen LogP contribution in [0.15, 0.2) is 24.3 Å². The maximum absolute atomic E-state index is 12.1. The average molecular weight is 432 g/mol. The van der Waals surface area contributed by atoms with Gasteiger partial charge in [0.05, 0.1) is 22.2 Å². The van der Waals surface area contributed by atoms with Gasteiger partial charge in [-0.15, -0.1) is 0 Å². The fraction of sp³-hybridized carbons (Fsp3) is 0.692. The lowest BCUT2D eigenvalue weighted by molar-refractivity contribution is -0.247. The van der Waals surface area contributed by atoms with E-state index in [4.69, 9.17) is 22.4 Å². The Kier molecular flexibility index (Phi) is 2.85. The van der Waals surface area contributed by atoms with Gasteiger partial charge < -0.3 is 24.2 Å². The van der Waals surface area contributed by atoms with Crippen molar-refractivity contribution in [3.05, 3.63) is 35.4 Å². The molecule has 0 amide bonds. The number of aliphatic hydroxyl groups is 1. The molecule has 1 saturated heterocycles. The monoisotopic (exact) mass is 431 g/mol. The van der Waals surface area contributed by atoms with E-state index in [9.17, 15) is 5.11 Å². The summed E-state index contributed by atoms with van der Waals surface area (Å²) in [6, 6.07) is 3.99. The Bertz CT molecular complexity index is 1170. The zero-order valence-corrected chi connectivity index (χ0v) is 18.4. The van der Waals surface area contributed by atoms with Gasteiger partial charge in [-0.1, -0.05) is 31.6 Å². The number of fused-ring (bicyclic) bond motifs is 1. The molecular weight excluding hydrogens is 390 g/mol. The van der Waals surface area contributed by atoms with Crippen LogP contribution in [0, 0.1) is 11.3 Å². The Morgan fingerprint density at radius 3 is 3.00 bits per heavy atom. The molecule has 2 fully saturated rings. The summed E-state index contributed by atoms with van der Waals surface area (Å²) >= 11 is 0. The number of hydrogen-bond donors (Lipinski definition) is 1. The number of likely N-dealkylation sites (tertiary alicyclic amines) is 1. The Hall–Kier alpha value is -1.56. The number of methoxy groups -OCH3 is 2. The number of nitrogens with zero attached hydrogens (tertiary/aromatic N) is 1. The lowest BCUT2D eigenvalue weighted by Gasteiger charge is -2.72. The van der Waals surface area contributed by atoms with E-state index in [-0.39, 0.29) is 12.5 Å². The molecule has 5 heteroatoms. The van der Waals surface area contributed by atoms with Crippen LogP contribution in [0.4, 0.5) is 0 Å². The third-order valence-corrected chi connectivity index (χ3v) is 9.31. The minimum absolute atomic E-state index is 0.00799. The Morgan fingerprint density at radius 2 is 2.26 bits per heavy atom. The molecule has 2 heterocycles. The smallest absolute Gasteiger partial charge is 0.166 e. The fourth-order valence-electron chi connectivity index (χ4n) is 8.14. The van der Waals surface area contributed by atoms with Gasteiger partial charge in [-0.25, -0.2) is 0 Å². The predicted octanol–water partition coefficient (Wildman–Crippen LogP) is 3.47. The van der Waals surface area contributed by atoms with Crippen LogP contribution in [0.2, 0.25) is 0 Å². The maximum Gasteiger partial charge on any atom is 0.166 e. The molecule has 0 radical (unpaired) electrons. The summed E-state index contributed by atoms with van der Waals surface area (Å²) in [4.78, 5) is 2.33. The summed E-state index contributed by atoms with van der Waals surface area (Å²) < 4.78 is 68.2. The van der Waals surface area contributed by atoms with Crippen molar-refractivity contribution in [1.82, 2.24) is 4.90 Å². The highest BCUT2D eigenvalue weighted by Crippen LogP contribution is 2.75. The molecule has 0 aromatic heterocycles. The van der Waals surface area contributed by atoms with E-state index in [1.54, 1.807) is 13.2 Å². The van der Waals surface area contributed by atoms with E-state index in [0.717, 1.165) is 24.1 Å². The summed E-state index contributed by atoms with van der Waals surface area (Å²) in [5.41, 5.74) is -2.85. The first-order valence-corrected chi connectivity index (χ1v) is 11.4. The number of benzene rings is 1. The SMILES string of the molecule is [2H]C([2H])([2H])O[C@]12C=C[C@@]3(C[C@@H]1C(O)(CCC)C([2H])([2H])[2H])[C@H]1Cc4ccc(OC)c5c4[C@@]3(CCN1C)[C@H]2O5. The number of rotatable bonds is 5. The topological polar surface area (TPSA) is 51.2 Å². The van der Waals surface area contributed by atoms with E-state index >= 15 is 0 Å². The second-order valence-electron chi connectivity index (χ2n) is 10.3. The summed E-state index contributed by atoms with van der Waals surface area (Å²) in [7, 11) is 0.825. The molecule has 2 aliphatic heterocycles. The first-order chi connectivity index (χ1) is 17.2. The van der Waals surface area contributed by atoms with Crippen molar-refractivity contribution >= 4 is 0 Å². The molecule has 5 nitrogen and oxygen atoms in total. The fourth-order valence-corrected chi connectivity index (χ4v) is 8.14. The Balaban J connectivity index is 1.68. The average Bonchev–Trinajstić information content (AvgIpc) is 3.17. The van der Waals surface area contributed by atoms with Gasteiger partial charge in [-0.05, 0) is 57.8 Å². The zero-order chi connectivity index (χ0) is 26.8. The van der Waals surface area contributed by atoms with E-state index in [0.29, 0.717) is 30.8 Å². The van der Waals surface area contributed by atoms with Crippen LogP contribution in [0.25, 0.3) is 0 Å². The third-order valence-electron chi connectivity index (χ3n) is 9.31. The number of hydrogen-bond acceptors (Lipinski definition) is 5. The largest absolute Gasteiger partial charge is 0.493 e. The molecule has 6 aliphatic rings. The van der Waals surface area contributed by atoms with Gasteiger partial charge >= 0.3 is 0 Å². The van der Waals surface area contributed by atoms with Crippen LogP contribution in [0.5, 0.6) is 11.5 Å². The molecule has 168 valence electrons. The first-order valence-electron chi connectivity index (χ1n) is 14.4. The highest BCUT2D eigenvalue weighted by Gasteiger charge is 2.80. The standard InChI is InChI=1S/C26H35NO4/c1-6-9-23(2,28)18-15-24-10-11-26(18,30-5)22-25(24)12-13-27(3)19(24)14-16-7-8-17(29-4)21(31-22)20(16)25/h7-8,10-11,18-19,22,28H,6,9,12-15H2,1-5H3/t18-,19-,22-,23?,24-,25+,26-/m1/s1/i2D3,5D3. The lowest BCUT2D eigenvalue weighted by atomic mass is 9.36. The molecular formula is C26H35NO4. The Labute approximate surface area is 193 Å². The molecule has 4 bridgehead atoms.